The normalized spacial score (nSPS) is 10.3. The Morgan fingerprint density at radius 1 is 1.25 bits per heavy atom. The molecular weight excluding hydrogens is 304 g/mol. The summed E-state index contributed by atoms with van der Waals surface area (Å²) < 4.78 is 18.6. The van der Waals surface area contributed by atoms with E-state index in [-0.39, 0.29) is 28.4 Å². The van der Waals surface area contributed by atoms with Gasteiger partial charge in [-0.15, -0.1) is 0 Å². The Labute approximate surface area is 125 Å². The van der Waals surface area contributed by atoms with Crippen LogP contribution in [0.25, 0.3) is 0 Å². The van der Waals surface area contributed by atoms with E-state index in [0.717, 1.165) is 0 Å². The first-order valence-electron chi connectivity index (χ1n) is 5.64. The molecule has 0 amide bonds. The van der Waals surface area contributed by atoms with Crippen LogP contribution in [0.1, 0.15) is 15.9 Å². The van der Waals surface area contributed by atoms with Crippen LogP contribution in [0.4, 0.5) is 10.1 Å². The fraction of sp³-hybridized carbons (Fsp3) is 0.0714. The molecule has 0 heterocycles. The molecule has 0 aliphatic heterocycles. The van der Waals surface area contributed by atoms with Gasteiger partial charge >= 0.3 is 5.97 Å². The molecule has 0 saturated heterocycles. The van der Waals surface area contributed by atoms with Gasteiger partial charge in [0.05, 0.1) is 10.6 Å². The van der Waals surface area contributed by atoms with E-state index in [2.05, 4.69) is 0 Å². The summed E-state index contributed by atoms with van der Waals surface area (Å²) in [5, 5.41) is 0.334. The van der Waals surface area contributed by atoms with E-state index >= 15 is 0 Å². The van der Waals surface area contributed by atoms with E-state index < -0.39 is 11.8 Å². The van der Waals surface area contributed by atoms with Crippen molar-refractivity contribution in [1.29, 1.82) is 0 Å². The topological polar surface area (TPSA) is 52.3 Å². The number of anilines is 1. The van der Waals surface area contributed by atoms with Gasteiger partial charge in [-0.1, -0.05) is 35.3 Å². The zero-order chi connectivity index (χ0) is 14.7. The number of nitrogen functional groups attached to an aromatic ring is 1. The number of benzene rings is 2. The lowest BCUT2D eigenvalue weighted by molar-refractivity contribution is 0.0470. The average Bonchev–Trinajstić information content (AvgIpc) is 2.43. The largest absolute Gasteiger partial charge is 0.457 e. The highest BCUT2D eigenvalue weighted by atomic mass is 35.5. The van der Waals surface area contributed by atoms with Crippen molar-refractivity contribution < 1.29 is 13.9 Å². The minimum atomic E-state index is -0.677. The van der Waals surface area contributed by atoms with E-state index in [0.29, 0.717) is 5.02 Å². The second kappa shape index (κ2) is 6.11. The number of carbonyl (C=O) groups is 1. The lowest BCUT2D eigenvalue weighted by Crippen LogP contribution is -2.09. The third kappa shape index (κ3) is 3.21. The van der Waals surface area contributed by atoms with Gasteiger partial charge < -0.3 is 10.5 Å². The number of halogens is 3. The minimum absolute atomic E-state index is 0.0270. The van der Waals surface area contributed by atoms with Crippen molar-refractivity contribution in [2.24, 2.45) is 0 Å². The van der Waals surface area contributed by atoms with E-state index in [1.165, 1.54) is 24.3 Å². The molecule has 2 rings (SSSR count). The van der Waals surface area contributed by atoms with E-state index in [4.69, 9.17) is 33.7 Å². The third-order valence-electron chi connectivity index (χ3n) is 2.63. The molecule has 2 aromatic carbocycles. The molecule has 3 nitrogen and oxygen atoms in total. The Bertz CT molecular complexity index is 662. The molecule has 0 bridgehead atoms. The summed E-state index contributed by atoms with van der Waals surface area (Å²) in [6, 6.07) is 8.92. The lowest BCUT2D eigenvalue weighted by atomic mass is 10.2. The lowest BCUT2D eigenvalue weighted by Gasteiger charge is -2.08. The van der Waals surface area contributed by atoms with Crippen LogP contribution in [0, 0.1) is 5.82 Å². The van der Waals surface area contributed by atoms with Crippen LogP contribution in [-0.2, 0) is 11.3 Å². The van der Waals surface area contributed by atoms with Gasteiger partial charge in [0.1, 0.15) is 12.4 Å². The zero-order valence-corrected chi connectivity index (χ0v) is 11.7. The molecule has 0 saturated carbocycles. The fourth-order valence-electron chi connectivity index (χ4n) is 1.59. The highest BCUT2D eigenvalue weighted by Gasteiger charge is 2.14. The van der Waals surface area contributed by atoms with Gasteiger partial charge in [-0.3, -0.25) is 0 Å². The van der Waals surface area contributed by atoms with Gasteiger partial charge in [0.25, 0.3) is 0 Å². The highest BCUT2D eigenvalue weighted by Crippen LogP contribution is 2.21. The summed E-state index contributed by atoms with van der Waals surface area (Å²) >= 11 is 11.4. The zero-order valence-electron chi connectivity index (χ0n) is 10.2. The van der Waals surface area contributed by atoms with Crippen molar-refractivity contribution in [1.82, 2.24) is 0 Å². The summed E-state index contributed by atoms with van der Waals surface area (Å²) in [5.74, 6) is -1.29. The molecule has 104 valence electrons. The smallest absolute Gasteiger partial charge is 0.340 e. The SMILES string of the molecule is Nc1ccc(Cl)cc1C(=O)OCc1cccc(Cl)c1F. The summed E-state index contributed by atoms with van der Waals surface area (Å²) in [7, 11) is 0. The molecule has 0 aliphatic carbocycles. The maximum atomic E-state index is 13.6. The average molecular weight is 314 g/mol. The number of nitrogens with two attached hydrogens (primary N) is 1. The van der Waals surface area contributed by atoms with Gasteiger partial charge in [0, 0.05) is 16.3 Å². The Morgan fingerprint density at radius 3 is 2.75 bits per heavy atom. The van der Waals surface area contributed by atoms with Gasteiger partial charge in [0.2, 0.25) is 0 Å². The van der Waals surface area contributed by atoms with Crippen LogP contribution in [0.15, 0.2) is 36.4 Å². The Kier molecular flexibility index (Phi) is 4.47. The number of hydrogen-bond donors (Lipinski definition) is 1. The van der Waals surface area contributed by atoms with E-state index in [1.807, 2.05) is 0 Å². The van der Waals surface area contributed by atoms with Crippen LogP contribution < -0.4 is 5.73 Å². The summed E-state index contributed by atoms with van der Waals surface area (Å²) in [5.41, 5.74) is 6.23. The van der Waals surface area contributed by atoms with Gasteiger partial charge in [0.15, 0.2) is 0 Å². The first-order chi connectivity index (χ1) is 9.49. The molecule has 0 unspecified atom stereocenters. The van der Waals surface area contributed by atoms with Crippen LogP contribution in [0.5, 0.6) is 0 Å². The quantitative estimate of drug-likeness (QED) is 0.686. The molecule has 0 aliphatic rings. The monoisotopic (exact) mass is 313 g/mol. The number of rotatable bonds is 3. The van der Waals surface area contributed by atoms with Crippen LogP contribution in [0.2, 0.25) is 10.0 Å². The highest BCUT2D eigenvalue weighted by molar-refractivity contribution is 6.31. The second-order valence-corrected chi connectivity index (χ2v) is 4.86. The van der Waals surface area contributed by atoms with Crippen molar-refractivity contribution in [3.05, 3.63) is 63.4 Å². The number of ether oxygens (including phenoxy) is 1. The molecule has 0 aromatic heterocycles. The van der Waals surface area contributed by atoms with Crippen molar-refractivity contribution in [3.63, 3.8) is 0 Å². The molecule has 20 heavy (non-hydrogen) atoms. The molecule has 2 aromatic rings. The Balaban J connectivity index is 2.13. The third-order valence-corrected chi connectivity index (χ3v) is 3.15. The van der Waals surface area contributed by atoms with Crippen LogP contribution in [-0.4, -0.2) is 5.97 Å². The number of hydrogen-bond acceptors (Lipinski definition) is 3. The van der Waals surface area contributed by atoms with Crippen molar-refractivity contribution >= 4 is 34.9 Å². The predicted molar refractivity (Wildman–Crippen MR) is 76.4 cm³/mol. The number of esters is 1. The minimum Gasteiger partial charge on any atom is -0.457 e. The maximum Gasteiger partial charge on any atom is 0.340 e. The fourth-order valence-corrected chi connectivity index (χ4v) is 1.95. The summed E-state index contributed by atoms with van der Waals surface area (Å²) in [6.45, 7) is -0.239. The molecule has 0 atom stereocenters. The maximum absolute atomic E-state index is 13.6. The Hall–Kier alpha value is -1.78. The molecule has 2 N–H and O–H groups in total. The molecule has 0 radical (unpaired) electrons. The molecular formula is C14H10Cl2FNO2. The Morgan fingerprint density at radius 2 is 2.00 bits per heavy atom. The van der Waals surface area contributed by atoms with Gasteiger partial charge in [-0.2, -0.15) is 0 Å². The van der Waals surface area contributed by atoms with Crippen molar-refractivity contribution in [2.75, 3.05) is 5.73 Å². The second-order valence-electron chi connectivity index (χ2n) is 4.02. The summed E-state index contributed by atoms with van der Waals surface area (Å²) in [6.07, 6.45) is 0. The standard InChI is InChI=1S/C14H10Cl2FNO2/c15-9-4-5-12(18)10(6-9)14(19)20-7-8-2-1-3-11(16)13(8)17/h1-6H,7,18H2. The first-order valence-corrected chi connectivity index (χ1v) is 6.39. The first kappa shape index (κ1) is 14.6. The predicted octanol–water partition coefficient (Wildman–Crippen LogP) is 4.07. The van der Waals surface area contributed by atoms with E-state index in [9.17, 15) is 9.18 Å². The summed E-state index contributed by atoms with van der Waals surface area (Å²) in [4.78, 5) is 11.9. The van der Waals surface area contributed by atoms with Crippen LogP contribution in [0.3, 0.4) is 0 Å². The molecule has 0 fully saturated rings. The number of carbonyl (C=O) groups excluding carboxylic acids is 1. The van der Waals surface area contributed by atoms with Crippen molar-refractivity contribution in [2.45, 2.75) is 6.61 Å². The van der Waals surface area contributed by atoms with Crippen molar-refractivity contribution in [3.8, 4) is 0 Å². The van der Waals surface area contributed by atoms with Gasteiger partial charge in [-0.25, -0.2) is 9.18 Å². The van der Waals surface area contributed by atoms with E-state index in [1.54, 1.807) is 12.1 Å². The molecule has 6 heteroatoms. The molecule has 0 spiro atoms. The van der Waals surface area contributed by atoms with Crippen LogP contribution >= 0.6 is 23.2 Å². The van der Waals surface area contributed by atoms with Gasteiger partial charge in [-0.05, 0) is 24.3 Å².